The van der Waals surface area contributed by atoms with E-state index >= 15 is 0 Å². The highest BCUT2D eigenvalue weighted by atomic mass is 19.2. The Labute approximate surface area is 142 Å². The van der Waals surface area contributed by atoms with Gasteiger partial charge in [0.1, 0.15) is 17.7 Å². The summed E-state index contributed by atoms with van der Waals surface area (Å²) in [5, 5.41) is 13.9. The summed E-state index contributed by atoms with van der Waals surface area (Å²) in [6.45, 7) is 0.777. The fourth-order valence-corrected chi connectivity index (χ4v) is 3.48. The van der Waals surface area contributed by atoms with Crippen LogP contribution in [-0.2, 0) is 6.54 Å². The van der Waals surface area contributed by atoms with Crippen molar-refractivity contribution in [2.24, 2.45) is 5.92 Å². The van der Waals surface area contributed by atoms with Crippen molar-refractivity contribution >= 4 is 16.7 Å². The lowest BCUT2D eigenvalue weighted by Crippen LogP contribution is -2.28. The third-order valence-corrected chi connectivity index (χ3v) is 4.67. The third-order valence-electron chi connectivity index (χ3n) is 4.67. The van der Waals surface area contributed by atoms with E-state index in [9.17, 15) is 13.9 Å². The molecular formula is C17H17F2N5O. The average molecular weight is 345 g/mol. The molecular weight excluding hydrogens is 328 g/mol. The smallest absolute Gasteiger partial charge is 0.185 e. The molecule has 1 fully saturated rings. The normalized spacial score (nSPS) is 23.2. The zero-order chi connectivity index (χ0) is 17.4. The molecule has 25 heavy (non-hydrogen) atoms. The minimum Gasteiger partial charge on any atom is -0.391 e. The van der Waals surface area contributed by atoms with E-state index in [1.165, 1.54) is 12.4 Å². The Bertz CT molecular complexity index is 886. The molecule has 3 aromatic rings. The standard InChI is InChI=1S/C17H17F2N5O/c18-12-2-1-11-16(15(12)19)21-8-22-17(11)23-13-5-10(6-14(13)25)7-24-4-3-20-9-24/h1-4,8-10,13-14,25H,5-7H2,(H,21,22,23)/t10?,13-,14-/m1/s1. The molecule has 0 radical (unpaired) electrons. The van der Waals surface area contributed by atoms with Gasteiger partial charge in [0.2, 0.25) is 0 Å². The molecule has 0 bridgehead atoms. The lowest BCUT2D eigenvalue weighted by Gasteiger charge is -2.18. The van der Waals surface area contributed by atoms with Crippen molar-refractivity contribution in [1.82, 2.24) is 19.5 Å². The van der Waals surface area contributed by atoms with Gasteiger partial charge in [-0.25, -0.2) is 23.7 Å². The minimum atomic E-state index is -0.993. The maximum absolute atomic E-state index is 13.9. The van der Waals surface area contributed by atoms with Gasteiger partial charge in [0.05, 0.1) is 18.5 Å². The molecule has 0 spiro atoms. The molecule has 1 aliphatic carbocycles. The lowest BCUT2D eigenvalue weighted by molar-refractivity contribution is 0.166. The van der Waals surface area contributed by atoms with Crippen LogP contribution in [0.15, 0.2) is 37.2 Å². The Kier molecular flexibility index (Phi) is 4.04. The molecule has 1 unspecified atom stereocenters. The summed E-state index contributed by atoms with van der Waals surface area (Å²) >= 11 is 0. The topological polar surface area (TPSA) is 75.9 Å². The van der Waals surface area contributed by atoms with Gasteiger partial charge in [0.25, 0.3) is 0 Å². The summed E-state index contributed by atoms with van der Waals surface area (Å²) in [7, 11) is 0. The number of imidazole rings is 1. The van der Waals surface area contributed by atoms with Gasteiger partial charge < -0.3 is 15.0 Å². The Hall–Kier alpha value is -2.61. The Balaban J connectivity index is 1.54. The van der Waals surface area contributed by atoms with Crippen LogP contribution < -0.4 is 5.32 Å². The van der Waals surface area contributed by atoms with Gasteiger partial charge in [-0.05, 0) is 30.9 Å². The minimum absolute atomic E-state index is 0.0695. The van der Waals surface area contributed by atoms with Gasteiger partial charge in [-0.15, -0.1) is 0 Å². The van der Waals surface area contributed by atoms with Crippen LogP contribution in [0.25, 0.3) is 10.9 Å². The van der Waals surface area contributed by atoms with E-state index in [-0.39, 0.29) is 11.6 Å². The molecule has 2 N–H and O–H groups in total. The first-order chi connectivity index (χ1) is 12.1. The first kappa shape index (κ1) is 15.9. The highest BCUT2D eigenvalue weighted by molar-refractivity contribution is 5.89. The lowest BCUT2D eigenvalue weighted by atomic mass is 10.1. The number of anilines is 1. The predicted octanol–water partition coefficient (Wildman–Crippen LogP) is 2.36. The summed E-state index contributed by atoms with van der Waals surface area (Å²) in [6, 6.07) is 2.29. The maximum atomic E-state index is 13.9. The molecule has 0 saturated heterocycles. The van der Waals surface area contributed by atoms with Gasteiger partial charge in [-0.3, -0.25) is 0 Å². The number of rotatable bonds is 4. The highest BCUT2D eigenvalue weighted by Crippen LogP contribution is 2.31. The van der Waals surface area contributed by atoms with E-state index in [1.807, 2.05) is 10.8 Å². The molecule has 1 aliphatic rings. The van der Waals surface area contributed by atoms with E-state index < -0.39 is 17.7 Å². The summed E-state index contributed by atoms with van der Waals surface area (Å²) in [4.78, 5) is 12.0. The monoisotopic (exact) mass is 345 g/mol. The number of nitrogens with one attached hydrogen (secondary N) is 1. The highest BCUT2D eigenvalue weighted by Gasteiger charge is 2.33. The Morgan fingerprint density at radius 1 is 1.24 bits per heavy atom. The van der Waals surface area contributed by atoms with Crippen LogP contribution in [-0.4, -0.2) is 36.8 Å². The first-order valence-corrected chi connectivity index (χ1v) is 8.11. The third kappa shape index (κ3) is 3.05. The Morgan fingerprint density at radius 2 is 2.12 bits per heavy atom. The first-order valence-electron chi connectivity index (χ1n) is 8.11. The fourth-order valence-electron chi connectivity index (χ4n) is 3.48. The van der Waals surface area contributed by atoms with Crippen LogP contribution in [0.4, 0.5) is 14.6 Å². The van der Waals surface area contributed by atoms with E-state index in [2.05, 4.69) is 20.3 Å². The summed E-state index contributed by atoms with van der Waals surface area (Å²) < 4.78 is 29.3. The molecule has 0 aliphatic heterocycles. The maximum Gasteiger partial charge on any atom is 0.185 e. The van der Waals surface area contributed by atoms with E-state index in [0.29, 0.717) is 23.5 Å². The number of hydrogen-bond acceptors (Lipinski definition) is 5. The SMILES string of the molecule is O[C@@H]1CC(Cn2ccnc2)C[C@H]1Nc1ncnc2c(F)c(F)ccc12. The quantitative estimate of drug-likeness (QED) is 0.759. The number of aliphatic hydroxyl groups excluding tert-OH is 1. The molecule has 0 amide bonds. The van der Waals surface area contributed by atoms with E-state index in [4.69, 9.17) is 0 Å². The number of fused-ring (bicyclic) bond motifs is 1. The molecule has 1 aromatic carbocycles. The van der Waals surface area contributed by atoms with Crippen LogP contribution in [0.3, 0.4) is 0 Å². The van der Waals surface area contributed by atoms with Gasteiger partial charge in [-0.2, -0.15) is 0 Å². The number of hydrogen-bond donors (Lipinski definition) is 2. The number of nitrogens with zero attached hydrogens (tertiary/aromatic N) is 4. The van der Waals surface area contributed by atoms with Crippen molar-refractivity contribution in [3.8, 4) is 0 Å². The molecule has 2 aromatic heterocycles. The molecule has 3 atom stereocenters. The van der Waals surface area contributed by atoms with Crippen LogP contribution in [0.5, 0.6) is 0 Å². The average Bonchev–Trinajstić information content (AvgIpc) is 3.22. The van der Waals surface area contributed by atoms with Crippen molar-refractivity contribution in [2.75, 3.05) is 5.32 Å². The largest absolute Gasteiger partial charge is 0.391 e. The van der Waals surface area contributed by atoms with Crippen molar-refractivity contribution in [3.63, 3.8) is 0 Å². The number of benzene rings is 1. The molecule has 1 saturated carbocycles. The van der Waals surface area contributed by atoms with Gasteiger partial charge >= 0.3 is 0 Å². The fraction of sp³-hybridized carbons (Fsp3) is 0.353. The zero-order valence-electron chi connectivity index (χ0n) is 13.3. The summed E-state index contributed by atoms with van der Waals surface area (Å²) in [5.74, 6) is -1.24. The van der Waals surface area contributed by atoms with E-state index in [0.717, 1.165) is 19.0 Å². The summed E-state index contributed by atoms with van der Waals surface area (Å²) in [6.07, 6.45) is 7.42. The molecule has 4 rings (SSSR count). The van der Waals surface area contributed by atoms with Gasteiger partial charge in [0, 0.05) is 24.3 Å². The second-order valence-electron chi connectivity index (χ2n) is 6.39. The van der Waals surface area contributed by atoms with Crippen molar-refractivity contribution in [1.29, 1.82) is 0 Å². The molecule has 2 heterocycles. The van der Waals surface area contributed by atoms with Crippen molar-refractivity contribution in [3.05, 3.63) is 48.8 Å². The number of halogens is 2. The van der Waals surface area contributed by atoms with E-state index in [1.54, 1.807) is 12.5 Å². The molecule has 6 nitrogen and oxygen atoms in total. The molecule has 130 valence electrons. The Morgan fingerprint density at radius 3 is 2.92 bits per heavy atom. The van der Waals surface area contributed by atoms with Crippen molar-refractivity contribution < 1.29 is 13.9 Å². The van der Waals surface area contributed by atoms with Crippen LogP contribution in [0.2, 0.25) is 0 Å². The van der Waals surface area contributed by atoms with Crippen LogP contribution in [0, 0.1) is 17.6 Å². The van der Waals surface area contributed by atoms with Gasteiger partial charge in [0.15, 0.2) is 11.6 Å². The number of aliphatic hydroxyl groups is 1. The van der Waals surface area contributed by atoms with Crippen LogP contribution in [0.1, 0.15) is 12.8 Å². The number of aromatic nitrogens is 4. The van der Waals surface area contributed by atoms with Crippen molar-refractivity contribution in [2.45, 2.75) is 31.5 Å². The second kappa shape index (κ2) is 6.36. The predicted molar refractivity (Wildman–Crippen MR) is 87.8 cm³/mol. The second-order valence-corrected chi connectivity index (χ2v) is 6.39. The van der Waals surface area contributed by atoms with Crippen LogP contribution >= 0.6 is 0 Å². The summed E-state index contributed by atoms with van der Waals surface area (Å²) in [5.41, 5.74) is -0.0695. The van der Waals surface area contributed by atoms with Gasteiger partial charge in [-0.1, -0.05) is 0 Å². The molecule has 8 heteroatoms. The zero-order valence-corrected chi connectivity index (χ0v) is 13.3.